The van der Waals surface area contributed by atoms with Crippen molar-refractivity contribution in [1.29, 1.82) is 0 Å². The summed E-state index contributed by atoms with van der Waals surface area (Å²) in [7, 11) is 0. The van der Waals surface area contributed by atoms with Crippen molar-refractivity contribution in [2.24, 2.45) is 0 Å². The lowest BCUT2D eigenvalue weighted by Gasteiger charge is -2.10. The molecule has 0 atom stereocenters. The molecule has 4 nitrogen and oxygen atoms in total. The van der Waals surface area contributed by atoms with Crippen LogP contribution in [0.4, 0.5) is 0 Å². The highest BCUT2D eigenvalue weighted by atomic mass is 16.4. The number of rotatable bonds is 3. The molecular weight excluding hydrogens is 264 g/mol. The molecule has 3 rings (SSSR count). The second-order valence-electron chi connectivity index (χ2n) is 4.77. The van der Waals surface area contributed by atoms with Gasteiger partial charge in [0.15, 0.2) is 0 Å². The second-order valence-corrected chi connectivity index (χ2v) is 4.77. The van der Waals surface area contributed by atoms with E-state index < -0.39 is 5.97 Å². The molecule has 0 aliphatic rings. The molecule has 0 saturated carbocycles. The molecular formula is C17H13N2O2-. The number of aromatic nitrogens is 2. The zero-order chi connectivity index (χ0) is 14.8. The molecule has 0 fully saturated rings. The number of benzene rings is 2. The van der Waals surface area contributed by atoms with Crippen LogP contribution in [0.25, 0.3) is 16.9 Å². The van der Waals surface area contributed by atoms with E-state index in [1.54, 1.807) is 4.68 Å². The fourth-order valence-corrected chi connectivity index (χ4v) is 2.28. The van der Waals surface area contributed by atoms with Crippen LogP contribution in [0.2, 0.25) is 0 Å². The maximum Gasteiger partial charge on any atom is 0.109 e. The highest BCUT2D eigenvalue weighted by Crippen LogP contribution is 2.25. The molecule has 0 amide bonds. The molecule has 1 heterocycles. The summed E-state index contributed by atoms with van der Waals surface area (Å²) >= 11 is 0. The van der Waals surface area contributed by atoms with Gasteiger partial charge in [-0.3, -0.25) is 0 Å². The highest BCUT2D eigenvalue weighted by Gasteiger charge is 2.13. The third kappa shape index (κ3) is 2.43. The van der Waals surface area contributed by atoms with Crippen LogP contribution in [0.5, 0.6) is 0 Å². The van der Waals surface area contributed by atoms with E-state index in [2.05, 4.69) is 5.10 Å². The summed E-state index contributed by atoms with van der Waals surface area (Å²) in [6.45, 7) is 1.96. The number of aryl methyl sites for hydroxylation is 1. The molecule has 3 aromatic rings. The van der Waals surface area contributed by atoms with E-state index in [1.165, 1.54) is 6.07 Å². The first-order valence-electron chi connectivity index (χ1n) is 6.59. The van der Waals surface area contributed by atoms with Gasteiger partial charge < -0.3 is 9.90 Å². The summed E-state index contributed by atoms with van der Waals surface area (Å²) in [5.41, 5.74) is 3.42. The summed E-state index contributed by atoms with van der Waals surface area (Å²) < 4.78 is 1.65. The minimum absolute atomic E-state index is 0.0721. The quantitative estimate of drug-likeness (QED) is 0.737. The molecule has 0 aliphatic heterocycles. The number of hydrogen-bond donors (Lipinski definition) is 0. The zero-order valence-corrected chi connectivity index (χ0v) is 11.5. The Labute approximate surface area is 122 Å². The van der Waals surface area contributed by atoms with Crippen molar-refractivity contribution >= 4 is 5.97 Å². The molecule has 0 N–H and O–H groups in total. The molecule has 21 heavy (non-hydrogen) atoms. The van der Waals surface area contributed by atoms with E-state index in [1.807, 2.05) is 61.5 Å². The van der Waals surface area contributed by atoms with Gasteiger partial charge in [-0.2, -0.15) is 5.10 Å². The number of carbonyl (C=O) groups excluding carboxylic acids is 1. The number of para-hydroxylation sites is 1. The summed E-state index contributed by atoms with van der Waals surface area (Å²) in [6, 6.07) is 18.8. The maximum atomic E-state index is 11.1. The molecule has 4 heteroatoms. The Kier molecular flexibility index (Phi) is 3.28. The largest absolute Gasteiger partial charge is 0.543 e. The van der Waals surface area contributed by atoms with Gasteiger partial charge in [-0.05, 0) is 24.6 Å². The average Bonchev–Trinajstić information content (AvgIpc) is 2.94. The van der Waals surface area contributed by atoms with E-state index in [-0.39, 0.29) is 5.69 Å². The van der Waals surface area contributed by atoms with Crippen molar-refractivity contribution < 1.29 is 9.90 Å². The molecule has 104 valence electrons. The van der Waals surface area contributed by atoms with E-state index >= 15 is 0 Å². The monoisotopic (exact) mass is 277 g/mol. The summed E-state index contributed by atoms with van der Waals surface area (Å²) in [4.78, 5) is 11.1. The van der Waals surface area contributed by atoms with Gasteiger partial charge in [0.25, 0.3) is 0 Å². The molecule has 1 aromatic heterocycles. The number of carboxylic acids is 1. The second kappa shape index (κ2) is 5.25. The third-order valence-corrected chi connectivity index (χ3v) is 3.33. The van der Waals surface area contributed by atoms with E-state index in [0.717, 1.165) is 22.5 Å². The van der Waals surface area contributed by atoms with Crippen LogP contribution in [0.1, 0.15) is 16.1 Å². The molecule has 0 saturated heterocycles. The average molecular weight is 277 g/mol. The van der Waals surface area contributed by atoms with Gasteiger partial charge in [-0.15, -0.1) is 0 Å². The Morgan fingerprint density at radius 3 is 2.38 bits per heavy atom. The molecule has 2 aromatic carbocycles. The van der Waals surface area contributed by atoms with Crippen LogP contribution < -0.4 is 5.11 Å². The van der Waals surface area contributed by atoms with Gasteiger partial charge in [-0.25, -0.2) is 4.68 Å². The van der Waals surface area contributed by atoms with Crippen LogP contribution in [0, 0.1) is 6.92 Å². The number of carboxylic acid groups (broad SMARTS) is 1. The molecule has 0 bridgehead atoms. The Morgan fingerprint density at radius 2 is 1.71 bits per heavy atom. The van der Waals surface area contributed by atoms with Crippen LogP contribution in [-0.2, 0) is 0 Å². The number of carbonyl (C=O) groups is 1. The molecule has 0 spiro atoms. The number of aromatic carboxylic acids is 1. The summed E-state index contributed by atoms with van der Waals surface area (Å²) in [5.74, 6) is -1.28. The smallest absolute Gasteiger partial charge is 0.109 e. The van der Waals surface area contributed by atoms with E-state index in [9.17, 15) is 9.90 Å². The zero-order valence-electron chi connectivity index (χ0n) is 11.5. The lowest BCUT2D eigenvalue weighted by molar-refractivity contribution is -0.255. The van der Waals surface area contributed by atoms with Crippen molar-refractivity contribution in [2.45, 2.75) is 6.92 Å². The van der Waals surface area contributed by atoms with Crippen LogP contribution in [0.15, 0.2) is 60.7 Å². The van der Waals surface area contributed by atoms with Crippen molar-refractivity contribution in [2.75, 3.05) is 0 Å². The van der Waals surface area contributed by atoms with Crippen molar-refractivity contribution in [3.8, 4) is 16.9 Å². The molecule has 0 aliphatic carbocycles. The fourth-order valence-electron chi connectivity index (χ4n) is 2.28. The SMILES string of the molecule is Cc1ccccc1-n1nc(C(=O)[O-])cc1-c1ccccc1. The normalized spacial score (nSPS) is 10.5. The van der Waals surface area contributed by atoms with Gasteiger partial charge in [0, 0.05) is 5.56 Å². The number of nitrogens with zero attached hydrogens (tertiary/aromatic N) is 2. The lowest BCUT2D eigenvalue weighted by Crippen LogP contribution is -2.23. The Bertz CT molecular complexity index is 792. The topological polar surface area (TPSA) is 58.0 Å². The van der Waals surface area contributed by atoms with Crippen LogP contribution in [0.3, 0.4) is 0 Å². The van der Waals surface area contributed by atoms with Gasteiger partial charge >= 0.3 is 0 Å². The van der Waals surface area contributed by atoms with Crippen LogP contribution >= 0.6 is 0 Å². The first kappa shape index (κ1) is 13.1. The first-order valence-corrected chi connectivity index (χ1v) is 6.59. The van der Waals surface area contributed by atoms with Gasteiger partial charge in [0.05, 0.1) is 17.4 Å². The van der Waals surface area contributed by atoms with Crippen LogP contribution in [-0.4, -0.2) is 15.7 Å². The minimum Gasteiger partial charge on any atom is -0.543 e. The first-order chi connectivity index (χ1) is 10.2. The van der Waals surface area contributed by atoms with Crippen molar-refractivity contribution in [1.82, 2.24) is 9.78 Å². The summed E-state index contributed by atoms with van der Waals surface area (Å²) in [6.07, 6.45) is 0. The Hall–Kier alpha value is -2.88. The van der Waals surface area contributed by atoms with Gasteiger partial charge in [0.1, 0.15) is 5.69 Å². The van der Waals surface area contributed by atoms with E-state index in [4.69, 9.17) is 0 Å². The number of hydrogen-bond acceptors (Lipinski definition) is 3. The Morgan fingerprint density at radius 1 is 1.05 bits per heavy atom. The maximum absolute atomic E-state index is 11.1. The molecule has 0 unspecified atom stereocenters. The lowest BCUT2D eigenvalue weighted by atomic mass is 10.1. The molecule has 0 radical (unpaired) electrons. The predicted molar refractivity (Wildman–Crippen MR) is 78.1 cm³/mol. The minimum atomic E-state index is -1.28. The van der Waals surface area contributed by atoms with E-state index in [0.29, 0.717) is 0 Å². The van der Waals surface area contributed by atoms with Gasteiger partial charge in [-0.1, -0.05) is 48.5 Å². The fraction of sp³-hybridized carbons (Fsp3) is 0.0588. The van der Waals surface area contributed by atoms with Crippen molar-refractivity contribution in [3.05, 3.63) is 71.9 Å². The highest BCUT2D eigenvalue weighted by molar-refractivity contribution is 5.85. The standard InChI is InChI=1S/C17H14N2O2/c1-12-7-5-6-10-15(12)19-16(11-14(18-19)17(20)21)13-8-3-2-4-9-13/h2-11H,1H3,(H,20,21)/p-1. The summed E-state index contributed by atoms with van der Waals surface area (Å²) in [5, 5.41) is 15.3. The Balaban J connectivity index is 2.24. The third-order valence-electron chi connectivity index (χ3n) is 3.33. The predicted octanol–water partition coefficient (Wildman–Crippen LogP) is 2.21. The van der Waals surface area contributed by atoms with Crippen molar-refractivity contribution in [3.63, 3.8) is 0 Å². The van der Waals surface area contributed by atoms with Gasteiger partial charge in [0.2, 0.25) is 0 Å².